The molecule has 2 aliphatic heterocycles. The monoisotopic (exact) mass is 453 g/mol. The molecule has 2 heterocycles. The Balaban J connectivity index is 1.78. The Morgan fingerprint density at radius 1 is 0.710 bits per heavy atom. The van der Waals surface area contributed by atoms with Gasteiger partial charge in [0, 0.05) is 17.9 Å². The van der Waals surface area contributed by atoms with Crippen molar-refractivity contribution in [1.82, 2.24) is 4.44 Å². The van der Waals surface area contributed by atoms with Gasteiger partial charge in [-0.3, -0.25) is 4.44 Å². The summed E-state index contributed by atoms with van der Waals surface area (Å²) in [5.74, 6) is 0.731. The fraction of sp³-hybridized carbons (Fsp3) is 0.571. The highest BCUT2D eigenvalue weighted by Gasteiger charge is 2.47. The molecule has 2 aliphatic rings. The highest BCUT2D eigenvalue weighted by atomic mass is 31.2. The summed E-state index contributed by atoms with van der Waals surface area (Å²) in [4.78, 5) is 0. The summed E-state index contributed by atoms with van der Waals surface area (Å²) < 4.78 is 3.19. The van der Waals surface area contributed by atoms with Crippen LogP contribution in [0.5, 0.6) is 0 Å². The SMILES string of the molecule is CCC1CC[C@@H](CC)P1N(CC(C)C)P1[C@H](c2ccccc2)CC[C@H]1c1ccccc1. The fourth-order valence-corrected chi connectivity index (χ4v) is 15.2. The molecule has 31 heavy (non-hydrogen) atoms. The van der Waals surface area contributed by atoms with Crippen LogP contribution in [0, 0.1) is 5.92 Å². The van der Waals surface area contributed by atoms with E-state index in [0.29, 0.717) is 0 Å². The highest BCUT2D eigenvalue weighted by Crippen LogP contribution is 2.79. The molecule has 0 amide bonds. The maximum absolute atomic E-state index is 3.19. The molecule has 0 bridgehead atoms. The van der Waals surface area contributed by atoms with E-state index >= 15 is 0 Å². The van der Waals surface area contributed by atoms with E-state index in [1.165, 1.54) is 45.1 Å². The molecule has 5 atom stereocenters. The molecule has 2 fully saturated rings. The van der Waals surface area contributed by atoms with Gasteiger partial charge in [-0.25, -0.2) is 0 Å². The van der Waals surface area contributed by atoms with Crippen LogP contribution in [0.3, 0.4) is 0 Å². The number of rotatable bonds is 8. The van der Waals surface area contributed by atoms with Crippen LogP contribution in [0.25, 0.3) is 0 Å². The van der Waals surface area contributed by atoms with Crippen LogP contribution in [-0.2, 0) is 0 Å². The Bertz CT molecular complexity index is 734. The topological polar surface area (TPSA) is 3.24 Å². The summed E-state index contributed by atoms with van der Waals surface area (Å²) >= 11 is 0. The molecule has 0 saturated carbocycles. The lowest BCUT2D eigenvalue weighted by atomic mass is 10.0. The summed E-state index contributed by atoms with van der Waals surface area (Å²) in [5, 5.41) is 0. The molecule has 3 heteroatoms. The molecule has 2 aromatic rings. The number of nitrogens with zero attached hydrogens (tertiary/aromatic N) is 1. The first-order valence-electron chi connectivity index (χ1n) is 12.6. The van der Waals surface area contributed by atoms with Crippen molar-refractivity contribution in [2.75, 3.05) is 6.54 Å². The van der Waals surface area contributed by atoms with Crippen LogP contribution >= 0.6 is 16.1 Å². The van der Waals surface area contributed by atoms with Crippen molar-refractivity contribution in [3.63, 3.8) is 0 Å². The van der Waals surface area contributed by atoms with Gasteiger partial charge in [-0.15, -0.1) is 0 Å². The van der Waals surface area contributed by atoms with Gasteiger partial charge in [0.25, 0.3) is 0 Å². The van der Waals surface area contributed by atoms with E-state index in [0.717, 1.165) is 28.6 Å². The first-order valence-corrected chi connectivity index (χ1v) is 15.4. The Morgan fingerprint density at radius 3 is 1.55 bits per heavy atom. The standard InChI is InChI=1S/C28H41NP2/c1-5-25-17-18-26(6-2)30(25)29(21-22(3)4)31-27(23-13-9-7-10-14-23)19-20-28(31)24-15-11-8-12-16-24/h7-16,22,25-28H,5-6,17-21H2,1-4H3/t25-,26?,27+,28+,30?/m1/s1. The van der Waals surface area contributed by atoms with Crippen LogP contribution < -0.4 is 0 Å². The summed E-state index contributed by atoms with van der Waals surface area (Å²) in [6, 6.07) is 23.1. The van der Waals surface area contributed by atoms with E-state index in [2.05, 4.69) is 92.8 Å². The van der Waals surface area contributed by atoms with Gasteiger partial charge in [-0.2, -0.15) is 0 Å². The minimum Gasteiger partial charge on any atom is -0.258 e. The van der Waals surface area contributed by atoms with Gasteiger partial charge in [-0.05, 0) is 83.0 Å². The average Bonchev–Trinajstić information content (AvgIpc) is 3.43. The van der Waals surface area contributed by atoms with Crippen molar-refractivity contribution in [1.29, 1.82) is 0 Å². The Labute approximate surface area is 193 Å². The van der Waals surface area contributed by atoms with Gasteiger partial charge >= 0.3 is 0 Å². The predicted molar refractivity (Wildman–Crippen MR) is 140 cm³/mol. The second-order valence-corrected chi connectivity index (χ2v) is 15.3. The molecule has 4 rings (SSSR count). The van der Waals surface area contributed by atoms with Crippen LogP contribution in [0.15, 0.2) is 60.7 Å². The zero-order valence-corrected chi connectivity index (χ0v) is 21.7. The molecule has 168 valence electrons. The number of hydrogen-bond donors (Lipinski definition) is 0. The van der Waals surface area contributed by atoms with E-state index < -0.39 is 0 Å². The second-order valence-electron chi connectivity index (χ2n) is 9.84. The lowest BCUT2D eigenvalue weighted by Crippen LogP contribution is -2.26. The van der Waals surface area contributed by atoms with Crippen molar-refractivity contribution in [3.05, 3.63) is 71.8 Å². The molecule has 0 spiro atoms. The van der Waals surface area contributed by atoms with E-state index in [9.17, 15) is 0 Å². The third-order valence-electron chi connectivity index (χ3n) is 7.31. The third kappa shape index (κ3) is 5.11. The predicted octanol–water partition coefficient (Wildman–Crippen LogP) is 9.37. The molecule has 0 aromatic heterocycles. The summed E-state index contributed by atoms with van der Waals surface area (Å²) in [7, 11) is -0.285. The molecular weight excluding hydrogens is 412 g/mol. The van der Waals surface area contributed by atoms with Crippen LogP contribution in [0.2, 0.25) is 0 Å². The molecule has 0 N–H and O–H groups in total. The first kappa shape index (κ1) is 23.4. The quantitative estimate of drug-likeness (QED) is 0.360. The highest BCUT2D eigenvalue weighted by molar-refractivity contribution is 7.71. The fourth-order valence-electron chi connectivity index (χ4n) is 5.85. The first-order chi connectivity index (χ1) is 15.1. The minimum atomic E-state index is -0.234. The second kappa shape index (κ2) is 10.9. The normalized spacial score (nSPS) is 29.3. The van der Waals surface area contributed by atoms with E-state index in [1.807, 2.05) is 0 Å². The van der Waals surface area contributed by atoms with Gasteiger partial charge in [0.05, 0.1) is 0 Å². The summed E-state index contributed by atoms with van der Waals surface area (Å²) in [6.45, 7) is 11.1. The zero-order valence-electron chi connectivity index (χ0n) is 20.0. The van der Waals surface area contributed by atoms with E-state index in [1.54, 1.807) is 11.1 Å². The molecule has 0 aliphatic carbocycles. The van der Waals surface area contributed by atoms with Gasteiger partial charge in [0.1, 0.15) is 0 Å². The number of hydrogen-bond acceptors (Lipinski definition) is 1. The van der Waals surface area contributed by atoms with Gasteiger partial charge in [0.2, 0.25) is 0 Å². The van der Waals surface area contributed by atoms with Crippen molar-refractivity contribution in [2.45, 2.75) is 88.9 Å². The van der Waals surface area contributed by atoms with Crippen molar-refractivity contribution < 1.29 is 0 Å². The van der Waals surface area contributed by atoms with E-state index in [-0.39, 0.29) is 16.1 Å². The van der Waals surface area contributed by atoms with E-state index in [4.69, 9.17) is 0 Å². The van der Waals surface area contributed by atoms with Gasteiger partial charge < -0.3 is 0 Å². The van der Waals surface area contributed by atoms with Crippen molar-refractivity contribution in [2.24, 2.45) is 5.92 Å². The average molecular weight is 454 g/mol. The van der Waals surface area contributed by atoms with Crippen LogP contribution in [-0.4, -0.2) is 22.3 Å². The molecule has 2 unspecified atom stereocenters. The molecule has 0 radical (unpaired) electrons. The zero-order chi connectivity index (χ0) is 21.8. The minimum absolute atomic E-state index is 0.0510. The van der Waals surface area contributed by atoms with Crippen molar-refractivity contribution >= 4 is 16.1 Å². The maximum Gasteiger partial charge on any atom is 0.0183 e. The summed E-state index contributed by atoms with van der Waals surface area (Å²) in [6.07, 6.45) is 8.36. The molecule has 1 nitrogen and oxygen atoms in total. The smallest absolute Gasteiger partial charge is 0.0183 e. The third-order valence-corrected chi connectivity index (χ3v) is 15.1. The largest absolute Gasteiger partial charge is 0.258 e. The van der Waals surface area contributed by atoms with Gasteiger partial charge in [-0.1, -0.05) is 88.4 Å². The molecule has 2 aromatic carbocycles. The Kier molecular flexibility index (Phi) is 8.25. The van der Waals surface area contributed by atoms with Gasteiger partial charge in [0.15, 0.2) is 0 Å². The molecule has 2 saturated heterocycles. The maximum atomic E-state index is 3.19. The number of benzene rings is 2. The lowest BCUT2D eigenvalue weighted by Gasteiger charge is -2.45. The molecular formula is C28H41NP2. The lowest BCUT2D eigenvalue weighted by molar-refractivity contribution is 0.525. The van der Waals surface area contributed by atoms with Crippen LogP contribution in [0.1, 0.15) is 88.7 Å². The summed E-state index contributed by atoms with van der Waals surface area (Å²) in [5.41, 5.74) is 6.51. The van der Waals surface area contributed by atoms with Crippen LogP contribution in [0.4, 0.5) is 0 Å². The van der Waals surface area contributed by atoms with Crippen molar-refractivity contribution in [3.8, 4) is 0 Å². The Morgan fingerprint density at radius 2 is 1.16 bits per heavy atom. The Hall–Kier alpha value is -0.740.